The Balaban J connectivity index is 1.98. The number of benzene rings is 1. The van der Waals surface area contributed by atoms with Gasteiger partial charge in [0.05, 0.1) is 12.1 Å². The van der Waals surface area contributed by atoms with Gasteiger partial charge in [0.15, 0.2) is 5.82 Å². The summed E-state index contributed by atoms with van der Waals surface area (Å²) in [5.74, 6) is 0.867. The summed E-state index contributed by atoms with van der Waals surface area (Å²) in [4.78, 5) is 22.9. The molecule has 0 aliphatic carbocycles. The van der Waals surface area contributed by atoms with E-state index in [1.165, 1.54) is 6.42 Å². The average molecular weight is 347 g/mol. The third-order valence-corrected chi connectivity index (χ3v) is 4.27. The molecule has 0 unspecified atom stereocenters. The van der Waals surface area contributed by atoms with E-state index < -0.39 is 5.91 Å². The number of nitrogens with one attached hydrogen (secondary N) is 1. The van der Waals surface area contributed by atoms with E-state index in [0.717, 1.165) is 37.3 Å². The molecule has 0 atom stereocenters. The Morgan fingerprint density at radius 3 is 2.54 bits per heavy atom. The molecule has 3 rings (SSSR count). The lowest BCUT2D eigenvalue weighted by atomic mass is 10.1. The highest BCUT2D eigenvalue weighted by Gasteiger charge is 2.16. The van der Waals surface area contributed by atoms with Gasteiger partial charge in [-0.15, -0.1) is 0 Å². The second-order valence-electron chi connectivity index (χ2n) is 5.81. The zero-order valence-corrected chi connectivity index (χ0v) is 14.0. The zero-order valence-electron chi connectivity index (χ0n) is 13.2. The van der Waals surface area contributed by atoms with E-state index in [1.54, 1.807) is 17.6 Å². The molecule has 6 nitrogen and oxygen atoms in total. The topological polar surface area (TPSA) is 78.4 Å². The normalized spacial score (nSPS) is 14.5. The molecule has 0 saturated carbocycles. The number of halogens is 1. The van der Waals surface area contributed by atoms with Gasteiger partial charge in [0, 0.05) is 29.7 Å². The first-order valence-electron chi connectivity index (χ1n) is 7.97. The number of rotatable bonds is 4. The van der Waals surface area contributed by atoms with Crippen LogP contribution in [0.25, 0.3) is 11.4 Å². The molecule has 0 radical (unpaired) electrons. The number of piperidine rings is 1. The summed E-state index contributed by atoms with van der Waals surface area (Å²) >= 11 is 5.94. The molecular weight excluding hydrogens is 328 g/mol. The highest BCUT2D eigenvalue weighted by atomic mass is 35.5. The zero-order chi connectivity index (χ0) is 16.9. The molecule has 1 aromatic heterocycles. The maximum Gasteiger partial charge on any atom is 0.249 e. The van der Waals surface area contributed by atoms with Gasteiger partial charge in [-0.1, -0.05) is 11.6 Å². The molecule has 24 heavy (non-hydrogen) atoms. The second kappa shape index (κ2) is 7.59. The predicted molar refractivity (Wildman–Crippen MR) is 92.2 cm³/mol. The SMILES string of the molecule is O=C(Cc1cc(N2CCCCC2)nc(-c2ccc(Cl)cc2)n1)NO. The van der Waals surface area contributed by atoms with Gasteiger partial charge in [-0.3, -0.25) is 10.0 Å². The van der Waals surface area contributed by atoms with Crippen molar-refractivity contribution in [3.05, 3.63) is 41.0 Å². The summed E-state index contributed by atoms with van der Waals surface area (Å²) in [5.41, 5.74) is 3.06. The van der Waals surface area contributed by atoms with Crippen LogP contribution in [0, 0.1) is 0 Å². The lowest BCUT2D eigenvalue weighted by molar-refractivity contribution is -0.128. The molecule has 1 saturated heterocycles. The van der Waals surface area contributed by atoms with Crippen molar-refractivity contribution in [3.63, 3.8) is 0 Å². The van der Waals surface area contributed by atoms with Crippen molar-refractivity contribution < 1.29 is 10.0 Å². The van der Waals surface area contributed by atoms with Crippen LogP contribution in [0.15, 0.2) is 30.3 Å². The number of anilines is 1. The monoisotopic (exact) mass is 346 g/mol. The standard InChI is InChI=1S/C17H19ClN4O2/c18-13-6-4-12(5-7-13)17-19-14(11-16(23)21-24)10-15(20-17)22-8-2-1-3-9-22/h4-7,10,24H,1-3,8-9,11H2,(H,21,23). The van der Waals surface area contributed by atoms with Crippen molar-refractivity contribution in [1.82, 2.24) is 15.4 Å². The van der Waals surface area contributed by atoms with Crippen LogP contribution >= 0.6 is 11.6 Å². The lowest BCUT2D eigenvalue weighted by Crippen LogP contribution is -2.30. The fourth-order valence-electron chi connectivity index (χ4n) is 2.79. The molecule has 1 amide bonds. The Kier molecular flexibility index (Phi) is 5.27. The highest BCUT2D eigenvalue weighted by molar-refractivity contribution is 6.30. The Morgan fingerprint density at radius 2 is 1.88 bits per heavy atom. The van der Waals surface area contributed by atoms with Gasteiger partial charge < -0.3 is 4.90 Å². The van der Waals surface area contributed by atoms with Crippen molar-refractivity contribution in [2.45, 2.75) is 25.7 Å². The van der Waals surface area contributed by atoms with Gasteiger partial charge in [-0.25, -0.2) is 15.4 Å². The molecule has 1 aliphatic rings. The molecule has 2 N–H and O–H groups in total. The minimum absolute atomic E-state index is 0.000446. The summed E-state index contributed by atoms with van der Waals surface area (Å²) in [6.07, 6.45) is 3.49. The van der Waals surface area contributed by atoms with Gasteiger partial charge in [0.25, 0.3) is 0 Å². The average Bonchev–Trinajstić information content (AvgIpc) is 2.62. The number of aromatic nitrogens is 2. The maximum absolute atomic E-state index is 11.5. The third kappa shape index (κ3) is 4.01. The fraction of sp³-hybridized carbons (Fsp3) is 0.353. The van der Waals surface area contributed by atoms with Crippen LogP contribution in [0.2, 0.25) is 5.02 Å². The third-order valence-electron chi connectivity index (χ3n) is 4.01. The molecule has 1 aliphatic heterocycles. The van der Waals surface area contributed by atoms with E-state index in [0.29, 0.717) is 16.5 Å². The number of nitrogens with zero attached hydrogens (tertiary/aromatic N) is 3. The molecule has 2 aromatic rings. The summed E-state index contributed by atoms with van der Waals surface area (Å²) in [6.45, 7) is 1.89. The number of hydrogen-bond acceptors (Lipinski definition) is 5. The quantitative estimate of drug-likeness (QED) is 0.657. The van der Waals surface area contributed by atoms with Crippen molar-refractivity contribution in [1.29, 1.82) is 0 Å². The van der Waals surface area contributed by atoms with Gasteiger partial charge in [-0.05, 0) is 43.5 Å². The maximum atomic E-state index is 11.5. The van der Waals surface area contributed by atoms with Gasteiger partial charge in [0.1, 0.15) is 5.82 Å². The van der Waals surface area contributed by atoms with Crippen molar-refractivity contribution in [2.24, 2.45) is 0 Å². The minimum Gasteiger partial charge on any atom is -0.356 e. The number of hydroxylamine groups is 1. The lowest BCUT2D eigenvalue weighted by Gasteiger charge is -2.28. The first-order valence-corrected chi connectivity index (χ1v) is 8.35. The van der Waals surface area contributed by atoms with Gasteiger partial charge in [0.2, 0.25) is 5.91 Å². The van der Waals surface area contributed by atoms with Crippen LogP contribution < -0.4 is 10.4 Å². The van der Waals surface area contributed by atoms with Crippen molar-refractivity contribution in [2.75, 3.05) is 18.0 Å². The van der Waals surface area contributed by atoms with Crippen LogP contribution in [0.3, 0.4) is 0 Å². The molecule has 0 bridgehead atoms. The second-order valence-corrected chi connectivity index (χ2v) is 6.24. The molecule has 2 heterocycles. The number of amides is 1. The van der Waals surface area contributed by atoms with E-state index in [2.05, 4.69) is 14.9 Å². The van der Waals surface area contributed by atoms with Crippen LogP contribution in [0.1, 0.15) is 25.0 Å². The first-order chi connectivity index (χ1) is 11.7. The summed E-state index contributed by atoms with van der Waals surface area (Å²) in [6, 6.07) is 9.10. The van der Waals surface area contributed by atoms with Crippen molar-refractivity contribution in [3.8, 4) is 11.4 Å². The van der Waals surface area contributed by atoms with E-state index in [4.69, 9.17) is 16.8 Å². The molecule has 1 aromatic carbocycles. The summed E-state index contributed by atoms with van der Waals surface area (Å²) < 4.78 is 0. The van der Waals surface area contributed by atoms with Gasteiger partial charge >= 0.3 is 0 Å². The molecule has 1 fully saturated rings. The first kappa shape index (κ1) is 16.7. The minimum atomic E-state index is -0.500. The Bertz CT molecular complexity index is 715. The number of carbonyl (C=O) groups is 1. The smallest absolute Gasteiger partial charge is 0.249 e. The predicted octanol–water partition coefficient (Wildman–Crippen LogP) is 2.84. The molecule has 7 heteroatoms. The van der Waals surface area contributed by atoms with Crippen LogP contribution in [0.4, 0.5) is 5.82 Å². The van der Waals surface area contributed by atoms with Crippen molar-refractivity contribution >= 4 is 23.3 Å². The van der Waals surface area contributed by atoms with E-state index in [1.807, 2.05) is 18.2 Å². The summed E-state index contributed by atoms with van der Waals surface area (Å²) in [5, 5.41) is 9.41. The summed E-state index contributed by atoms with van der Waals surface area (Å²) in [7, 11) is 0. The Labute approximate surface area is 145 Å². The largest absolute Gasteiger partial charge is 0.356 e. The van der Waals surface area contributed by atoms with Crippen LogP contribution in [-0.2, 0) is 11.2 Å². The molecule has 0 spiro atoms. The van der Waals surface area contributed by atoms with Crippen LogP contribution in [0.5, 0.6) is 0 Å². The molecule has 126 valence electrons. The fourth-order valence-corrected chi connectivity index (χ4v) is 2.92. The Hall–Kier alpha value is -2.18. The van der Waals surface area contributed by atoms with E-state index in [-0.39, 0.29) is 6.42 Å². The highest BCUT2D eigenvalue weighted by Crippen LogP contribution is 2.24. The number of hydrogen-bond donors (Lipinski definition) is 2. The van der Waals surface area contributed by atoms with Gasteiger partial charge in [-0.2, -0.15) is 0 Å². The number of carbonyl (C=O) groups excluding carboxylic acids is 1. The van der Waals surface area contributed by atoms with Crippen LogP contribution in [-0.4, -0.2) is 34.2 Å². The van der Waals surface area contributed by atoms with E-state index >= 15 is 0 Å². The van der Waals surface area contributed by atoms with E-state index in [9.17, 15) is 4.79 Å². The Morgan fingerprint density at radius 1 is 1.17 bits per heavy atom. The molecular formula is C17H19ClN4O2.